The molecule has 1 aliphatic carbocycles. The molecule has 0 spiro atoms. The SMILES string of the molecule is CC1(C)[C@@H]2CC[C@]1(C)C(=O)N(c1nc(-c3ccccc3)cs1)C2=O. The van der Waals surface area contributed by atoms with Crippen LogP contribution in [0, 0.1) is 16.7 Å². The molecule has 1 aromatic heterocycles. The van der Waals surface area contributed by atoms with Gasteiger partial charge in [0.1, 0.15) is 0 Å². The maximum atomic E-state index is 13.1. The van der Waals surface area contributed by atoms with Crippen molar-refractivity contribution >= 4 is 28.3 Å². The van der Waals surface area contributed by atoms with Crippen LogP contribution in [0.25, 0.3) is 11.3 Å². The number of aromatic nitrogens is 1. The Hall–Kier alpha value is -2.01. The third kappa shape index (κ3) is 1.88. The first-order valence-corrected chi connectivity index (χ1v) is 9.13. The summed E-state index contributed by atoms with van der Waals surface area (Å²) in [6, 6.07) is 9.82. The van der Waals surface area contributed by atoms with Gasteiger partial charge in [-0.05, 0) is 18.3 Å². The quantitative estimate of drug-likeness (QED) is 0.773. The number of carbonyl (C=O) groups is 2. The number of rotatable bonds is 2. The number of carbonyl (C=O) groups excluding carboxylic acids is 2. The third-order valence-electron chi connectivity index (χ3n) is 6.17. The molecular weight excluding hydrogens is 320 g/mol. The Morgan fingerprint density at radius 2 is 1.88 bits per heavy atom. The number of nitrogens with zero attached hydrogens (tertiary/aromatic N) is 2. The van der Waals surface area contributed by atoms with E-state index >= 15 is 0 Å². The van der Waals surface area contributed by atoms with Gasteiger partial charge in [-0.1, -0.05) is 51.1 Å². The lowest BCUT2D eigenvalue weighted by molar-refractivity contribution is -0.146. The van der Waals surface area contributed by atoms with Crippen LogP contribution in [0.5, 0.6) is 0 Å². The predicted octanol–water partition coefficient (Wildman–Crippen LogP) is 4.13. The molecule has 2 heterocycles. The standard InChI is InChI=1S/C19H20N2O2S/c1-18(2)13-9-10-19(18,3)16(23)21(15(13)22)17-20-14(11-24-17)12-7-5-4-6-8-12/h4-8,11,13H,9-10H2,1-3H3/t13-,19-/m1/s1. The van der Waals surface area contributed by atoms with Gasteiger partial charge in [0.25, 0.3) is 0 Å². The van der Waals surface area contributed by atoms with E-state index in [1.165, 1.54) is 16.2 Å². The summed E-state index contributed by atoms with van der Waals surface area (Å²) in [7, 11) is 0. The lowest BCUT2D eigenvalue weighted by Gasteiger charge is -2.46. The molecule has 0 unspecified atom stereocenters. The zero-order valence-electron chi connectivity index (χ0n) is 14.1. The minimum Gasteiger partial charge on any atom is -0.274 e. The zero-order valence-corrected chi connectivity index (χ0v) is 14.9. The molecular formula is C19H20N2O2S. The van der Waals surface area contributed by atoms with E-state index < -0.39 is 5.41 Å². The van der Waals surface area contributed by atoms with E-state index in [1.54, 1.807) is 0 Å². The molecule has 0 radical (unpaired) electrons. The molecule has 2 bridgehead atoms. The molecule has 2 aliphatic rings. The van der Waals surface area contributed by atoms with Crippen LogP contribution in [-0.4, -0.2) is 16.8 Å². The Bertz CT molecular complexity index is 827. The van der Waals surface area contributed by atoms with Crippen molar-refractivity contribution in [3.05, 3.63) is 35.7 Å². The minimum absolute atomic E-state index is 0.0889. The first kappa shape index (κ1) is 15.5. The lowest BCUT2D eigenvalue weighted by atomic mass is 9.62. The van der Waals surface area contributed by atoms with Gasteiger partial charge in [0, 0.05) is 16.9 Å². The normalized spacial score (nSPS) is 28.5. The van der Waals surface area contributed by atoms with Crippen LogP contribution >= 0.6 is 11.3 Å². The second-order valence-electron chi connectivity index (χ2n) is 7.51. The summed E-state index contributed by atoms with van der Waals surface area (Å²) in [6.07, 6.45) is 1.55. The fourth-order valence-electron chi connectivity index (χ4n) is 4.11. The van der Waals surface area contributed by atoms with Crippen molar-refractivity contribution in [2.45, 2.75) is 33.6 Å². The first-order valence-electron chi connectivity index (χ1n) is 8.25. The van der Waals surface area contributed by atoms with Gasteiger partial charge in [-0.25, -0.2) is 9.88 Å². The summed E-state index contributed by atoms with van der Waals surface area (Å²) in [6.45, 7) is 6.10. The molecule has 0 N–H and O–H groups in total. The van der Waals surface area contributed by atoms with Crippen LogP contribution in [0.2, 0.25) is 0 Å². The van der Waals surface area contributed by atoms with Gasteiger partial charge in [0.15, 0.2) is 5.13 Å². The number of imide groups is 1. The summed E-state index contributed by atoms with van der Waals surface area (Å²) in [5.74, 6) is -0.293. The van der Waals surface area contributed by atoms with Crippen molar-refractivity contribution in [3.8, 4) is 11.3 Å². The first-order chi connectivity index (χ1) is 11.4. The van der Waals surface area contributed by atoms with Crippen molar-refractivity contribution < 1.29 is 9.59 Å². The predicted molar refractivity (Wildman–Crippen MR) is 94.7 cm³/mol. The van der Waals surface area contributed by atoms with E-state index in [2.05, 4.69) is 18.8 Å². The van der Waals surface area contributed by atoms with Gasteiger partial charge in [0.05, 0.1) is 11.1 Å². The molecule has 5 heteroatoms. The highest BCUT2D eigenvalue weighted by atomic mass is 32.1. The topological polar surface area (TPSA) is 50.3 Å². The number of hydrogen-bond donors (Lipinski definition) is 0. The highest BCUT2D eigenvalue weighted by Crippen LogP contribution is 2.60. The molecule has 1 saturated carbocycles. The summed E-state index contributed by atoms with van der Waals surface area (Å²) < 4.78 is 0. The molecule has 2 atom stereocenters. The highest BCUT2D eigenvalue weighted by Gasteiger charge is 2.65. The smallest absolute Gasteiger partial charge is 0.242 e. The van der Waals surface area contributed by atoms with Gasteiger partial charge in [0.2, 0.25) is 11.8 Å². The number of thiazole rings is 1. The number of hydrogen-bond acceptors (Lipinski definition) is 4. The van der Waals surface area contributed by atoms with Crippen LogP contribution in [0.4, 0.5) is 5.13 Å². The van der Waals surface area contributed by atoms with E-state index in [-0.39, 0.29) is 23.1 Å². The molecule has 1 aromatic carbocycles. The van der Waals surface area contributed by atoms with Crippen LogP contribution in [-0.2, 0) is 9.59 Å². The Morgan fingerprint density at radius 1 is 1.17 bits per heavy atom. The van der Waals surface area contributed by atoms with Crippen LogP contribution in [0.1, 0.15) is 33.6 Å². The zero-order chi connectivity index (χ0) is 17.1. The molecule has 124 valence electrons. The van der Waals surface area contributed by atoms with Gasteiger partial charge in [-0.15, -0.1) is 11.3 Å². The van der Waals surface area contributed by atoms with E-state index in [4.69, 9.17) is 0 Å². The van der Waals surface area contributed by atoms with Gasteiger partial charge < -0.3 is 0 Å². The summed E-state index contributed by atoms with van der Waals surface area (Å²) in [5, 5.41) is 2.41. The minimum atomic E-state index is -0.496. The van der Waals surface area contributed by atoms with Crippen molar-refractivity contribution in [1.29, 1.82) is 0 Å². The number of piperidine rings is 1. The largest absolute Gasteiger partial charge is 0.274 e. The molecule has 2 aromatic rings. The van der Waals surface area contributed by atoms with Crippen molar-refractivity contribution in [2.24, 2.45) is 16.7 Å². The Morgan fingerprint density at radius 3 is 2.58 bits per heavy atom. The molecule has 24 heavy (non-hydrogen) atoms. The molecule has 2 amide bonds. The number of anilines is 1. The maximum absolute atomic E-state index is 13.1. The molecule has 2 fully saturated rings. The number of fused-ring (bicyclic) bond motifs is 2. The lowest BCUT2D eigenvalue weighted by Crippen LogP contribution is -2.59. The van der Waals surface area contributed by atoms with Crippen molar-refractivity contribution in [1.82, 2.24) is 4.98 Å². The third-order valence-corrected chi connectivity index (χ3v) is 7.00. The van der Waals surface area contributed by atoms with Crippen molar-refractivity contribution in [3.63, 3.8) is 0 Å². The van der Waals surface area contributed by atoms with Crippen LogP contribution in [0.15, 0.2) is 35.7 Å². The van der Waals surface area contributed by atoms with Gasteiger partial charge >= 0.3 is 0 Å². The summed E-state index contributed by atoms with van der Waals surface area (Å²) in [4.78, 5) is 32.0. The molecule has 4 rings (SSSR count). The maximum Gasteiger partial charge on any atom is 0.242 e. The van der Waals surface area contributed by atoms with Crippen LogP contribution < -0.4 is 4.90 Å². The van der Waals surface area contributed by atoms with E-state index in [0.29, 0.717) is 5.13 Å². The second kappa shape index (κ2) is 4.99. The Balaban J connectivity index is 1.75. The number of benzene rings is 1. The molecule has 4 nitrogen and oxygen atoms in total. The Kier molecular flexibility index (Phi) is 3.23. The average Bonchev–Trinajstić information content (AvgIpc) is 3.10. The van der Waals surface area contributed by atoms with Gasteiger partial charge in [-0.2, -0.15) is 0 Å². The highest BCUT2D eigenvalue weighted by molar-refractivity contribution is 7.14. The fourth-order valence-corrected chi connectivity index (χ4v) is 4.94. The Labute approximate surface area is 145 Å². The molecule has 1 saturated heterocycles. The molecule has 1 aliphatic heterocycles. The van der Waals surface area contributed by atoms with Crippen molar-refractivity contribution in [2.75, 3.05) is 4.90 Å². The average molecular weight is 340 g/mol. The fraction of sp³-hybridized carbons (Fsp3) is 0.421. The van der Waals surface area contributed by atoms with Gasteiger partial charge in [-0.3, -0.25) is 9.59 Å². The van der Waals surface area contributed by atoms with Crippen LogP contribution in [0.3, 0.4) is 0 Å². The number of amides is 2. The van der Waals surface area contributed by atoms with E-state index in [1.807, 2.05) is 42.6 Å². The second-order valence-corrected chi connectivity index (χ2v) is 8.34. The monoisotopic (exact) mass is 340 g/mol. The van der Waals surface area contributed by atoms with E-state index in [9.17, 15) is 9.59 Å². The summed E-state index contributed by atoms with van der Waals surface area (Å²) in [5.41, 5.74) is 1.01. The van der Waals surface area contributed by atoms with E-state index in [0.717, 1.165) is 24.1 Å². The summed E-state index contributed by atoms with van der Waals surface area (Å²) >= 11 is 1.36.